The molecule has 12 atom stereocenters. The smallest absolute Gasteiger partial charge is 0.326 e. The van der Waals surface area contributed by atoms with Crippen molar-refractivity contribution in [3.8, 4) is 0 Å². The molecule has 0 saturated carbocycles. The largest absolute Gasteiger partial charge is 0.481 e. The van der Waals surface area contributed by atoms with E-state index in [1.54, 1.807) is 42.6 Å². The molecule has 2 fully saturated rings. The Hall–Kier alpha value is -10.3. The second kappa shape index (κ2) is 42.7. The molecule has 6 rings (SSSR count). The van der Waals surface area contributed by atoms with E-state index in [0.717, 1.165) is 0 Å². The Kier molecular flexibility index (Phi) is 34.2. The molecule has 0 aliphatic carbocycles. The Balaban J connectivity index is 1.13. The molecular weight excluding hydrogens is 1380 g/mol. The van der Waals surface area contributed by atoms with E-state index in [-0.39, 0.29) is 102 Å². The Morgan fingerprint density at radius 3 is 1.62 bits per heavy atom. The summed E-state index contributed by atoms with van der Waals surface area (Å²) in [5.74, 6) is -11.6. The number of nitrogens with two attached hydrogens (primary N) is 3. The van der Waals surface area contributed by atoms with E-state index < -0.39 is 162 Å². The van der Waals surface area contributed by atoms with E-state index >= 15 is 0 Å². The number of nitrogens with one attached hydrogen (secondary N) is 12. The number of imidazole rings is 1. The topological polar surface area (TPSA) is 529 Å². The number of carboxylic acids is 2. The molecule has 2 aromatic heterocycles. The number of amides is 12. The fourth-order valence-corrected chi connectivity index (χ4v) is 12.9. The van der Waals surface area contributed by atoms with Crippen molar-refractivity contribution in [2.75, 3.05) is 32.7 Å². The van der Waals surface area contributed by atoms with Crippen molar-refractivity contribution in [1.82, 2.24) is 77.9 Å². The van der Waals surface area contributed by atoms with Gasteiger partial charge in [0.15, 0.2) is 0 Å². The zero-order valence-electron chi connectivity index (χ0n) is 61.8. The second-order valence-electron chi connectivity index (χ2n) is 28.3. The first-order valence-electron chi connectivity index (χ1n) is 36.8. The molecule has 12 amide bonds. The van der Waals surface area contributed by atoms with Gasteiger partial charge in [-0.25, -0.2) is 9.78 Å². The number of hydrogen-bond donors (Lipinski definition) is 17. The third-order valence-corrected chi connectivity index (χ3v) is 18.7. The van der Waals surface area contributed by atoms with Crippen LogP contribution in [0.5, 0.6) is 0 Å². The molecule has 2 aliphatic heterocycles. The van der Waals surface area contributed by atoms with E-state index in [1.807, 2.05) is 45.9 Å². The summed E-state index contributed by atoms with van der Waals surface area (Å²) in [6.45, 7) is 10.2. The van der Waals surface area contributed by atoms with Crippen LogP contribution in [-0.4, -0.2) is 223 Å². The number of carbonyl (C=O) groups excluding carboxylic acids is 12. The number of aromatic nitrogens is 3. The van der Waals surface area contributed by atoms with Gasteiger partial charge in [0.1, 0.15) is 66.5 Å². The highest BCUT2D eigenvalue weighted by atomic mass is 16.4. The molecule has 34 heteroatoms. The number of H-pyrrole nitrogens is 2. The summed E-state index contributed by atoms with van der Waals surface area (Å²) in [4.78, 5) is 205. The van der Waals surface area contributed by atoms with Crippen LogP contribution in [0.25, 0.3) is 10.9 Å². The number of unbranched alkanes of at least 4 members (excludes halogenated alkanes) is 2. The number of para-hydroxylation sites is 1. The quantitative estimate of drug-likeness (QED) is 0.0237. The van der Waals surface area contributed by atoms with Gasteiger partial charge < -0.3 is 100 Å². The molecule has 4 aromatic rings. The van der Waals surface area contributed by atoms with Crippen LogP contribution in [0.2, 0.25) is 0 Å². The Labute approximate surface area is 621 Å². The Morgan fingerprint density at radius 2 is 1.04 bits per heavy atom. The fraction of sp³-hybridized carbons (Fsp3) is 0.575. The van der Waals surface area contributed by atoms with Gasteiger partial charge >= 0.3 is 11.9 Å². The Bertz CT molecular complexity index is 3690. The van der Waals surface area contributed by atoms with E-state index in [2.05, 4.69) is 68.1 Å². The van der Waals surface area contributed by atoms with Gasteiger partial charge in [0.2, 0.25) is 70.9 Å². The lowest BCUT2D eigenvalue weighted by Crippen LogP contribution is -2.60. The van der Waals surface area contributed by atoms with E-state index in [0.29, 0.717) is 72.8 Å². The number of aromatic amines is 2. The minimum atomic E-state index is -1.44. The van der Waals surface area contributed by atoms with Crippen LogP contribution < -0.4 is 70.4 Å². The van der Waals surface area contributed by atoms with Crippen LogP contribution in [0.3, 0.4) is 0 Å². The summed E-state index contributed by atoms with van der Waals surface area (Å²) in [7, 11) is 0. The average Bonchev–Trinajstić information content (AvgIpc) is 1.63. The maximum Gasteiger partial charge on any atom is 0.326 e. The molecular formula is C73H108N18O16. The van der Waals surface area contributed by atoms with Gasteiger partial charge in [-0.1, -0.05) is 76.2 Å². The van der Waals surface area contributed by atoms with Gasteiger partial charge in [0.25, 0.3) is 0 Å². The monoisotopic (exact) mass is 1490 g/mol. The van der Waals surface area contributed by atoms with Gasteiger partial charge in [-0.3, -0.25) is 62.3 Å². The highest BCUT2D eigenvalue weighted by molar-refractivity contribution is 6.00. The van der Waals surface area contributed by atoms with Crippen molar-refractivity contribution >= 4 is 93.7 Å². The number of nitrogens with zero attached hydrogens (tertiary/aromatic N) is 3. The minimum Gasteiger partial charge on any atom is -0.481 e. The fourth-order valence-electron chi connectivity index (χ4n) is 12.9. The van der Waals surface area contributed by atoms with Crippen LogP contribution >= 0.6 is 0 Å². The predicted octanol–water partition coefficient (Wildman–Crippen LogP) is -0.953. The standard InChI is InChI=1S/C73H108N18O16/c1-41(2)32-53(87-69(102)58-24-16-30-90(58)71(104)52(23-13-15-29-75)85-64(97)49(76)26-27-61(93)94)66(99)81-43(5)62(95)79-39-60(92)83-54(34-45-18-8-7-9-19-45)67(100)86-55(35-46-37-78-50-21-11-10-20-48(46)50)68(101)84-51(22-12-14-28-74)65(98)82-44(6)63(96)88-56(33-42(3)4)72(105)91-31-17-25-59(91)70(103)89-57(73(106)107)36-47-38-77-40-80-47/h7-11,18-21,37-38,40-44,49,51-59,78H,12-17,22-36,39,74-76H2,1-6H3,(H,77,80)(H,79,95)(H,81,99)(H,82,98)(H,83,92)(H,84,101)(H,85,97)(H,86,100)(H,87,102)(H,88,96)(H,89,103)(H,93,94)(H,106,107)/t43-,44-,49-,51-,52-,53-,54-,55-,56-,57-,58-,59-/m0/s1. The SMILES string of the molecule is CC(C)C[C@H](NC(=O)[C@@H]1CCCN1C(=O)[C@H](CCCCN)NC(=O)[C@@H](N)CCC(=O)O)C(=O)N[C@@H](C)C(=O)NCC(=O)N[C@@H](Cc1ccccc1)C(=O)N[C@@H](Cc1c[nH]c2ccccc12)C(=O)N[C@@H](CCCCN)C(=O)N[C@@H](C)C(=O)N[C@@H](CC(C)C)C(=O)N1CCC[C@H]1C(=O)N[C@@H](Cc1cnc[nH]1)C(=O)O. The molecule has 4 heterocycles. The zero-order valence-corrected chi connectivity index (χ0v) is 61.8. The lowest BCUT2D eigenvalue weighted by Gasteiger charge is -2.31. The number of rotatable bonds is 44. The molecule has 2 saturated heterocycles. The summed E-state index contributed by atoms with van der Waals surface area (Å²) >= 11 is 0. The summed E-state index contributed by atoms with van der Waals surface area (Å²) in [6.07, 6.45) is 7.03. The lowest BCUT2D eigenvalue weighted by molar-refractivity contribution is -0.145. The van der Waals surface area contributed by atoms with Gasteiger partial charge in [0, 0.05) is 67.8 Å². The predicted molar refractivity (Wildman–Crippen MR) is 393 cm³/mol. The van der Waals surface area contributed by atoms with Crippen LogP contribution in [-0.2, 0) is 86.4 Å². The highest BCUT2D eigenvalue weighted by Crippen LogP contribution is 2.25. The number of carbonyl (C=O) groups is 14. The highest BCUT2D eigenvalue weighted by Gasteiger charge is 2.42. The molecule has 0 unspecified atom stereocenters. The number of hydrogen-bond acceptors (Lipinski definition) is 18. The molecule has 107 heavy (non-hydrogen) atoms. The van der Waals surface area contributed by atoms with E-state index in [1.165, 1.54) is 36.2 Å². The number of benzene rings is 2. The van der Waals surface area contributed by atoms with Crippen molar-refractivity contribution < 1.29 is 77.3 Å². The number of likely N-dealkylation sites (tertiary alicyclic amines) is 2. The van der Waals surface area contributed by atoms with Gasteiger partial charge in [-0.15, -0.1) is 0 Å². The van der Waals surface area contributed by atoms with Gasteiger partial charge in [-0.05, 0) is 139 Å². The second-order valence-corrected chi connectivity index (χ2v) is 28.3. The Morgan fingerprint density at radius 1 is 0.523 bits per heavy atom. The van der Waals surface area contributed by atoms with Crippen LogP contribution in [0.1, 0.15) is 148 Å². The molecule has 2 aromatic carbocycles. The van der Waals surface area contributed by atoms with Crippen molar-refractivity contribution in [2.24, 2.45) is 29.0 Å². The van der Waals surface area contributed by atoms with Crippen LogP contribution in [0, 0.1) is 11.8 Å². The van der Waals surface area contributed by atoms with Crippen molar-refractivity contribution in [2.45, 2.75) is 223 Å². The lowest BCUT2D eigenvalue weighted by atomic mass is 10.0. The van der Waals surface area contributed by atoms with Crippen LogP contribution in [0.15, 0.2) is 73.3 Å². The summed E-state index contributed by atoms with van der Waals surface area (Å²) in [5, 5.41) is 46.5. The van der Waals surface area contributed by atoms with Crippen molar-refractivity contribution in [1.29, 1.82) is 0 Å². The summed E-state index contributed by atoms with van der Waals surface area (Å²) in [5.41, 5.74) is 19.9. The molecule has 0 radical (unpaired) electrons. The van der Waals surface area contributed by atoms with Gasteiger partial charge in [0.05, 0.1) is 18.9 Å². The molecule has 20 N–H and O–H groups in total. The molecule has 2 aliphatic rings. The average molecular weight is 1490 g/mol. The third kappa shape index (κ3) is 26.9. The van der Waals surface area contributed by atoms with E-state index in [4.69, 9.17) is 22.3 Å². The van der Waals surface area contributed by atoms with Gasteiger partial charge in [-0.2, -0.15) is 0 Å². The van der Waals surface area contributed by atoms with Crippen molar-refractivity contribution in [3.63, 3.8) is 0 Å². The normalized spacial score (nSPS) is 17.0. The number of aliphatic carboxylic acids is 2. The molecule has 34 nitrogen and oxygen atoms in total. The first-order valence-corrected chi connectivity index (χ1v) is 36.8. The maximum atomic E-state index is 14.9. The zero-order chi connectivity index (χ0) is 78.4. The first kappa shape index (κ1) is 85.6. The molecule has 0 spiro atoms. The third-order valence-electron chi connectivity index (χ3n) is 18.7. The minimum absolute atomic E-state index is 0.0207. The summed E-state index contributed by atoms with van der Waals surface area (Å²) in [6, 6.07) is 0.968. The first-order chi connectivity index (χ1) is 51.0. The van der Waals surface area contributed by atoms with Crippen molar-refractivity contribution in [3.05, 3.63) is 90.1 Å². The number of fused-ring (bicyclic) bond motifs is 1. The maximum absolute atomic E-state index is 14.9. The van der Waals surface area contributed by atoms with Crippen LogP contribution in [0.4, 0.5) is 0 Å². The molecule has 0 bridgehead atoms. The summed E-state index contributed by atoms with van der Waals surface area (Å²) < 4.78 is 0. The van der Waals surface area contributed by atoms with E-state index in [9.17, 15) is 72.2 Å². The number of carboxylic acid groups (broad SMARTS) is 2. The molecule has 586 valence electrons.